The first kappa shape index (κ1) is 19.2. The summed E-state index contributed by atoms with van der Waals surface area (Å²) in [4.78, 5) is 0. The van der Waals surface area contributed by atoms with Gasteiger partial charge in [0.1, 0.15) is 0 Å². The molecule has 0 aromatic heterocycles. The smallest absolute Gasteiger partial charge is 0.279 e. The van der Waals surface area contributed by atoms with Gasteiger partial charge in [-0.2, -0.15) is 17.4 Å². The van der Waals surface area contributed by atoms with Gasteiger partial charge in [0.2, 0.25) is 0 Å². The number of hydrogen-bond donors (Lipinski definition) is 2. The molecule has 126 valence electrons. The van der Waals surface area contributed by atoms with Gasteiger partial charge in [0.25, 0.3) is 10.2 Å². The van der Waals surface area contributed by atoms with Crippen molar-refractivity contribution in [1.82, 2.24) is 14.3 Å². The Kier molecular flexibility index (Phi) is 7.40. The molecule has 7 heteroatoms. The normalized spacial score (nSPS) is 33.2. The van der Waals surface area contributed by atoms with Crippen LogP contribution in [0.4, 0.5) is 0 Å². The molecule has 2 fully saturated rings. The zero-order valence-electron chi connectivity index (χ0n) is 13.3. The predicted molar refractivity (Wildman–Crippen MR) is 88.9 cm³/mol. The molecule has 4 atom stereocenters. The van der Waals surface area contributed by atoms with Crippen LogP contribution >= 0.6 is 12.4 Å². The Labute approximate surface area is 135 Å². The number of nitrogens with zero attached hydrogens (tertiary/aromatic N) is 1. The second-order valence-electron chi connectivity index (χ2n) is 6.78. The fourth-order valence-electron chi connectivity index (χ4n) is 3.51. The molecular formula is C14H30ClN3O2S. The number of halogens is 1. The van der Waals surface area contributed by atoms with E-state index in [0.717, 1.165) is 32.4 Å². The third kappa shape index (κ3) is 5.36. The maximum absolute atomic E-state index is 12.5. The molecule has 2 rings (SSSR count). The first-order valence-electron chi connectivity index (χ1n) is 7.86. The van der Waals surface area contributed by atoms with Crippen molar-refractivity contribution in [3.8, 4) is 0 Å². The second-order valence-corrected chi connectivity index (χ2v) is 8.48. The summed E-state index contributed by atoms with van der Waals surface area (Å²) >= 11 is 0. The Hall–Kier alpha value is 0.120. The molecule has 2 N–H and O–H groups in total. The van der Waals surface area contributed by atoms with Gasteiger partial charge in [-0.15, -0.1) is 12.4 Å². The van der Waals surface area contributed by atoms with Crippen molar-refractivity contribution in [1.29, 1.82) is 0 Å². The van der Waals surface area contributed by atoms with Crippen molar-refractivity contribution < 1.29 is 8.42 Å². The summed E-state index contributed by atoms with van der Waals surface area (Å²) in [6.45, 7) is 9.52. The fraction of sp³-hybridized carbons (Fsp3) is 1.00. The number of rotatable bonds is 4. The first-order valence-corrected chi connectivity index (χ1v) is 9.30. The summed E-state index contributed by atoms with van der Waals surface area (Å²) < 4.78 is 29.6. The lowest BCUT2D eigenvalue weighted by atomic mass is 9.93. The first-order chi connectivity index (χ1) is 9.38. The van der Waals surface area contributed by atoms with E-state index in [-0.39, 0.29) is 18.4 Å². The highest BCUT2D eigenvalue weighted by Crippen LogP contribution is 2.23. The minimum Gasteiger partial charge on any atom is -0.316 e. The summed E-state index contributed by atoms with van der Waals surface area (Å²) in [6.07, 6.45) is 3.35. The lowest BCUT2D eigenvalue weighted by Gasteiger charge is -2.36. The van der Waals surface area contributed by atoms with E-state index in [1.807, 2.05) is 6.92 Å². The van der Waals surface area contributed by atoms with Gasteiger partial charge in [-0.25, -0.2) is 0 Å². The van der Waals surface area contributed by atoms with Crippen LogP contribution in [-0.2, 0) is 10.2 Å². The van der Waals surface area contributed by atoms with E-state index in [1.54, 1.807) is 4.31 Å². The summed E-state index contributed by atoms with van der Waals surface area (Å²) in [5.74, 6) is 1.29. The Bertz CT molecular complexity index is 402. The standard InChI is InChI=1S/C14H29N3O2S.ClH/c1-11-7-12(2)10-17(9-11)20(18,19)16-13(3)14-5-4-6-15-8-14;/h11-16H,4-10H2,1-3H3;1H. The van der Waals surface area contributed by atoms with E-state index < -0.39 is 10.2 Å². The minimum atomic E-state index is -3.34. The van der Waals surface area contributed by atoms with Gasteiger partial charge in [-0.3, -0.25) is 0 Å². The molecule has 0 aromatic rings. The number of nitrogens with one attached hydrogen (secondary N) is 2. The summed E-state index contributed by atoms with van der Waals surface area (Å²) in [5, 5.41) is 3.35. The largest absolute Gasteiger partial charge is 0.316 e. The van der Waals surface area contributed by atoms with Crippen molar-refractivity contribution in [3.63, 3.8) is 0 Å². The SMILES string of the molecule is CC1CC(C)CN(S(=O)(=O)NC(C)C2CCCNC2)C1.Cl. The van der Waals surface area contributed by atoms with Crippen molar-refractivity contribution in [3.05, 3.63) is 0 Å². The van der Waals surface area contributed by atoms with Crippen molar-refractivity contribution in [2.45, 2.75) is 46.1 Å². The van der Waals surface area contributed by atoms with Gasteiger partial charge in [0, 0.05) is 19.1 Å². The molecule has 0 radical (unpaired) electrons. The summed E-state index contributed by atoms with van der Waals surface area (Å²) in [7, 11) is -3.34. The third-order valence-electron chi connectivity index (χ3n) is 4.55. The monoisotopic (exact) mass is 339 g/mol. The highest BCUT2D eigenvalue weighted by molar-refractivity contribution is 7.87. The van der Waals surface area contributed by atoms with E-state index in [4.69, 9.17) is 0 Å². The van der Waals surface area contributed by atoms with Crippen LogP contribution in [0.2, 0.25) is 0 Å². The van der Waals surface area contributed by atoms with Crippen LogP contribution in [0.5, 0.6) is 0 Å². The Balaban J connectivity index is 0.00000220. The van der Waals surface area contributed by atoms with E-state index in [1.165, 1.54) is 0 Å². The quantitative estimate of drug-likeness (QED) is 0.818. The van der Waals surface area contributed by atoms with Gasteiger partial charge in [-0.1, -0.05) is 13.8 Å². The minimum absolute atomic E-state index is 0. The zero-order chi connectivity index (χ0) is 14.8. The molecule has 2 saturated heterocycles. The van der Waals surface area contributed by atoms with E-state index >= 15 is 0 Å². The molecular weight excluding hydrogens is 310 g/mol. The van der Waals surface area contributed by atoms with E-state index in [9.17, 15) is 8.42 Å². The van der Waals surface area contributed by atoms with Crippen LogP contribution in [-0.4, -0.2) is 44.9 Å². The average molecular weight is 340 g/mol. The average Bonchev–Trinajstić information content (AvgIpc) is 2.38. The fourth-order valence-corrected chi connectivity index (χ4v) is 5.23. The second kappa shape index (κ2) is 8.11. The van der Waals surface area contributed by atoms with Crippen LogP contribution in [0, 0.1) is 17.8 Å². The molecule has 5 nitrogen and oxygen atoms in total. The number of piperidine rings is 2. The van der Waals surface area contributed by atoms with Crippen LogP contribution in [0.3, 0.4) is 0 Å². The van der Waals surface area contributed by atoms with Crippen molar-refractivity contribution >= 4 is 22.6 Å². The van der Waals surface area contributed by atoms with Crippen LogP contribution < -0.4 is 10.0 Å². The zero-order valence-corrected chi connectivity index (χ0v) is 15.0. The third-order valence-corrected chi connectivity index (χ3v) is 6.20. The van der Waals surface area contributed by atoms with Crippen LogP contribution in [0.15, 0.2) is 0 Å². The topological polar surface area (TPSA) is 61.4 Å². The molecule has 0 aromatic carbocycles. The maximum Gasteiger partial charge on any atom is 0.279 e. The molecule has 2 aliphatic rings. The highest BCUT2D eigenvalue weighted by atomic mass is 35.5. The molecule has 0 spiro atoms. The number of hydrogen-bond acceptors (Lipinski definition) is 3. The van der Waals surface area contributed by atoms with Crippen LogP contribution in [0.25, 0.3) is 0 Å². The summed E-state index contributed by atoms with van der Waals surface area (Å²) in [6, 6.07) is 0.000314. The highest BCUT2D eigenvalue weighted by Gasteiger charge is 2.32. The lowest BCUT2D eigenvalue weighted by molar-refractivity contribution is 0.217. The molecule has 0 bridgehead atoms. The van der Waals surface area contributed by atoms with Gasteiger partial charge < -0.3 is 5.32 Å². The summed E-state index contributed by atoms with van der Waals surface area (Å²) in [5.41, 5.74) is 0. The molecule has 2 aliphatic heterocycles. The van der Waals surface area contributed by atoms with Crippen LogP contribution in [0.1, 0.15) is 40.0 Å². The predicted octanol–water partition coefficient (Wildman–Crippen LogP) is 1.61. The Morgan fingerprint density at radius 3 is 2.38 bits per heavy atom. The lowest BCUT2D eigenvalue weighted by Crippen LogP contribution is -2.52. The Morgan fingerprint density at radius 1 is 1.24 bits per heavy atom. The molecule has 2 heterocycles. The molecule has 21 heavy (non-hydrogen) atoms. The van der Waals surface area contributed by atoms with Gasteiger partial charge >= 0.3 is 0 Å². The van der Waals surface area contributed by atoms with Gasteiger partial charge in [0.05, 0.1) is 0 Å². The van der Waals surface area contributed by atoms with Crippen molar-refractivity contribution in [2.75, 3.05) is 26.2 Å². The molecule has 0 saturated carbocycles. The van der Waals surface area contributed by atoms with E-state index in [2.05, 4.69) is 23.9 Å². The molecule has 0 amide bonds. The Morgan fingerprint density at radius 2 is 1.86 bits per heavy atom. The van der Waals surface area contributed by atoms with E-state index in [0.29, 0.717) is 30.8 Å². The maximum atomic E-state index is 12.5. The van der Waals surface area contributed by atoms with Gasteiger partial charge in [0.15, 0.2) is 0 Å². The molecule has 4 unspecified atom stereocenters. The van der Waals surface area contributed by atoms with Crippen molar-refractivity contribution in [2.24, 2.45) is 17.8 Å². The molecule has 0 aliphatic carbocycles. The van der Waals surface area contributed by atoms with Gasteiger partial charge in [-0.05, 0) is 57.0 Å².